The van der Waals surface area contributed by atoms with E-state index in [1.807, 2.05) is 0 Å². The molecule has 1 rings (SSSR count). The van der Waals surface area contributed by atoms with Gasteiger partial charge in [-0.15, -0.1) is 0 Å². The minimum atomic E-state index is 0. The summed E-state index contributed by atoms with van der Waals surface area (Å²) in [4.78, 5) is 2.38. The Hall–Kier alpha value is 0.920. The van der Waals surface area contributed by atoms with E-state index in [1.165, 1.54) is 19.6 Å². The van der Waals surface area contributed by atoms with Gasteiger partial charge >= 0.3 is 29.6 Å². The van der Waals surface area contributed by atoms with E-state index in [1.54, 1.807) is 0 Å². The van der Waals surface area contributed by atoms with Crippen LogP contribution in [-0.4, -0.2) is 60.8 Å². The minimum absolute atomic E-state index is 0. The van der Waals surface area contributed by atoms with Gasteiger partial charge in [0.15, 0.2) is 0 Å². The second-order valence-electron chi connectivity index (χ2n) is 1.87. The number of likely N-dealkylation sites (N-methyl/N-ethyl adjacent to an activating group) is 1. The molecule has 0 radical (unpaired) electrons. The molecular weight excluding hydrogens is 111 g/mol. The molecule has 1 fully saturated rings. The monoisotopic (exact) mass is 124 g/mol. The Morgan fingerprint density at radius 1 is 1.62 bits per heavy atom. The van der Waals surface area contributed by atoms with Gasteiger partial charge in [0.2, 0.25) is 0 Å². The molecule has 8 heavy (non-hydrogen) atoms. The van der Waals surface area contributed by atoms with Crippen molar-refractivity contribution < 1.29 is 0 Å². The number of nitrogens with zero attached hydrogens (tertiary/aromatic N) is 1. The Bertz CT molecular complexity index is 52.4. The van der Waals surface area contributed by atoms with Gasteiger partial charge in [0.25, 0.3) is 0 Å². The zero-order chi connectivity index (χ0) is 5.11. The fourth-order valence-electron chi connectivity index (χ4n) is 0.823. The summed E-state index contributed by atoms with van der Waals surface area (Å²) in [6.07, 6.45) is 0. The van der Waals surface area contributed by atoms with Crippen molar-refractivity contribution in [1.29, 1.82) is 0 Å². The van der Waals surface area contributed by atoms with E-state index in [9.17, 15) is 0 Å². The quantitative estimate of drug-likeness (QED) is 0.461. The Balaban J connectivity index is 0.000000490. The van der Waals surface area contributed by atoms with Crippen LogP contribution in [0.1, 0.15) is 6.92 Å². The molecule has 3 heteroatoms. The summed E-state index contributed by atoms with van der Waals surface area (Å²) >= 11 is 0. The van der Waals surface area contributed by atoms with Crippen LogP contribution < -0.4 is 5.32 Å². The average molecular weight is 124 g/mol. The van der Waals surface area contributed by atoms with E-state index >= 15 is 0 Å². The Labute approximate surface area is 72.9 Å². The maximum atomic E-state index is 3.25. The van der Waals surface area contributed by atoms with Gasteiger partial charge in [-0.1, -0.05) is 6.92 Å². The maximum absolute atomic E-state index is 3.25. The van der Waals surface area contributed by atoms with Gasteiger partial charge in [-0.2, -0.15) is 0 Å². The molecule has 0 aromatic carbocycles. The van der Waals surface area contributed by atoms with Gasteiger partial charge in [-0.3, -0.25) is 4.90 Å². The van der Waals surface area contributed by atoms with Crippen LogP contribution >= 0.6 is 0 Å². The van der Waals surface area contributed by atoms with Crippen LogP contribution in [0.25, 0.3) is 0 Å². The van der Waals surface area contributed by atoms with E-state index in [4.69, 9.17) is 0 Å². The van der Waals surface area contributed by atoms with E-state index in [-0.39, 0.29) is 29.6 Å². The van der Waals surface area contributed by atoms with E-state index in [2.05, 4.69) is 17.1 Å². The van der Waals surface area contributed by atoms with Crippen molar-refractivity contribution in [3.8, 4) is 0 Å². The molecule has 0 unspecified atom stereocenters. The molecule has 0 amide bonds. The third kappa shape index (κ3) is 2.46. The van der Waals surface area contributed by atoms with Crippen LogP contribution in [0.3, 0.4) is 0 Å². The fraction of sp³-hybridized carbons (Fsp3) is 1.00. The normalized spacial score (nSPS) is 20.6. The molecule has 1 aliphatic heterocycles. The van der Waals surface area contributed by atoms with Crippen molar-refractivity contribution in [2.75, 3.05) is 26.3 Å². The fourth-order valence-corrected chi connectivity index (χ4v) is 0.823. The van der Waals surface area contributed by atoms with Gasteiger partial charge in [-0.05, 0) is 6.54 Å². The first-order valence-electron chi connectivity index (χ1n) is 2.86. The summed E-state index contributed by atoms with van der Waals surface area (Å²) in [6, 6.07) is 0. The molecule has 1 aliphatic rings. The Morgan fingerprint density at radius 3 is 2.62 bits per heavy atom. The first kappa shape index (κ1) is 8.92. The van der Waals surface area contributed by atoms with Crippen LogP contribution in [0.2, 0.25) is 0 Å². The first-order chi connectivity index (χ1) is 3.43. The second-order valence-corrected chi connectivity index (χ2v) is 1.87. The van der Waals surface area contributed by atoms with Crippen molar-refractivity contribution in [3.05, 3.63) is 0 Å². The van der Waals surface area contributed by atoms with Crippen molar-refractivity contribution in [2.45, 2.75) is 6.92 Å². The number of hydrogen-bond acceptors (Lipinski definition) is 2. The summed E-state index contributed by atoms with van der Waals surface area (Å²) in [5.41, 5.74) is 0. The summed E-state index contributed by atoms with van der Waals surface area (Å²) in [5, 5.41) is 3.25. The predicted octanol–water partition coefficient (Wildman–Crippen LogP) is -0.779. The van der Waals surface area contributed by atoms with E-state index in [0.717, 1.165) is 6.67 Å². The van der Waals surface area contributed by atoms with Gasteiger partial charge < -0.3 is 5.32 Å². The van der Waals surface area contributed by atoms with Crippen LogP contribution in [0.5, 0.6) is 0 Å². The Morgan fingerprint density at radius 2 is 2.38 bits per heavy atom. The molecule has 1 heterocycles. The first-order valence-corrected chi connectivity index (χ1v) is 2.86. The zero-order valence-electron chi connectivity index (χ0n) is 4.78. The summed E-state index contributed by atoms with van der Waals surface area (Å²) in [7, 11) is 0. The summed E-state index contributed by atoms with van der Waals surface area (Å²) < 4.78 is 0. The molecule has 0 aromatic rings. The van der Waals surface area contributed by atoms with Crippen LogP contribution in [0.15, 0.2) is 0 Å². The molecule has 0 saturated carbocycles. The molecule has 0 bridgehead atoms. The van der Waals surface area contributed by atoms with E-state index in [0.29, 0.717) is 0 Å². The topological polar surface area (TPSA) is 15.3 Å². The van der Waals surface area contributed by atoms with E-state index < -0.39 is 0 Å². The number of nitrogens with one attached hydrogen (secondary N) is 1. The molecule has 0 aromatic heterocycles. The molecular formula is C5H13N2Na. The van der Waals surface area contributed by atoms with Crippen molar-refractivity contribution >= 4 is 29.6 Å². The second kappa shape index (κ2) is 4.77. The van der Waals surface area contributed by atoms with Gasteiger partial charge in [-0.25, -0.2) is 0 Å². The third-order valence-electron chi connectivity index (χ3n) is 1.39. The number of rotatable bonds is 1. The van der Waals surface area contributed by atoms with Crippen LogP contribution in [0.4, 0.5) is 0 Å². The van der Waals surface area contributed by atoms with Crippen molar-refractivity contribution in [1.82, 2.24) is 10.2 Å². The molecule has 0 atom stereocenters. The van der Waals surface area contributed by atoms with Crippen molar-refractivity contribution in [2.24, 2.45) is 0 Å². The van der Waals surface area contributed by atoms with Crippen LogP contribution in [0, 0.1) is 0 Å². The molecule has 0 spiro atoms. The van der Waals surface area contributed by atoms with Crippen molar-refractivity contribution in [3.63, 3.8) is 0 Å². The predicted molar refractivity (Wildman–Crippen MR) is 37.3 cm³/mol. The molecule has 1 saturated heterocycles. The third-order valence-corrected chi connectivity index (χ3v) is 1.39. The van der Waals surface area contributed by atoms with Crippen LogP contribution in [-0.2, 0) is 0 Å². The summed E-state index contributed by atoms with van der Waals surface area (Å²) in [5.74, 6) is 0. The zero-order valence-corrected chi connectivity index (χ0v) is 4.78. The van der Waals surface area contributed by atoms with Gasteiger partial charge in [0.1, 0.15) is 0 Å². The average Bonchev–Trinajstić information content (AvgIpc) is 2.14. The molecule has 1 N–H and O–H groups in total. The standard InChI is InChI=1S/C5H12N2.Na.H/c1-2-7-4-3-6-5-7;;/h6H,2-5H2,1H3;;. The molecule has 44 valence electrons. The van der Waals surface area contributed by atoms with Gasteiger partial charge in [0, 0.05) is 19.8 Å². The molecule has 2 nitrogen and oxygen atoms in total. The number of hydrogen-bond donors (Lipinski definition) is 1. The molecule has 0 aliphatic carbocycles. The summed E-state index contributed by atoms with van der Waals surface area (Å²) in [6.45, 7) is 6.88. The SMILES string of the molecule is CCN1CCNC1.[NaH]. The Kier molecular flexibility index (Phi) is 5.31. The van der Waals surface area contributed by atoms with Gasteiger partial charge in [0.05, 0.1) is 0 Å².